The van der Waals surface area contributed by atoms with Gasteiger partial charge in [-0.05, 0) is 24.1 Å². The first-order valence-corrected chi connectivity index (χ1v) is 6.51. The fraction of sp³-hybridized carbons (Fsp3) is 0.267. The second-order valence-corrected chi connectivity index (χ2v) is 4.42. The minimum absolute atomic E-state index is 0.476. The minimum atomic E-state index is 0.476. The van der Waals surface area contributed by atoms with Gasteiger partial charge >= 0.3 is 0 Å². The van der Waals surface area contributed by atoms with Crippen LogP contribution < -0.4 is 4.74 Å². The molecule has 2 aromatic rings. The van der Waals surface area contributed by atoms with Gasteiger partial charge in [-0.3, -0.25) is 4.98 Å². The molecule has 0 atom stereocenters. The highest BCUT2D eigenvalue weighted by atomic mass is 35.5. The van der Waals surface area contributed by atoms with E-state index in [1.54, 1.807) is 6.20 Å². The molecule has 2 rings (SSSR count). The van der Waals surface area contributed by atoms with Crippen LogP contribution in [0.25, 0.3) is 0 Å². The third-order valence-electron chi connectivity index (χ3n) is 2.80. The van der Waals surface area contributed by atoms with E-state index in [2.05, 4.69) is 11.1 Å². The smallest absolute Gasteiger partial charge is 0.126 e. The Morgan fingerprint density at radius 1 is 1.22 bits per heavy atom. The lowest BCUT2D eigenvalue weighted by atomic mass is 10.1. The molecule has 0 unspecified atom stereocenters. The molecule has 0 spiro atoms. The number of nitrogens with zero attached hydrogens (tertiary/aromatic N) is 1. The Bertz CT molecular complexity index is 499. The zero-order valence-electron chi connectivity index (χ0n) is 10.4. The van der Waals surface area contributed by atoms with Crippen LogP contribution in [0.4, 0.5) is 0 Å². The first kappa shape index (κ1) is 12.9. The minimum Gasteiger partial charge on any atom is -0.493 e. The van der Waals surface area contributed by atoms with Gasteiger partial charge in [0.05, 0.1) is 12.5 Å². The van der Waals surface area contributed by atoms with Crippen molar-refractivity contribution in [2.24, 2.45) is 0 Å². The number of aryl methyl sites for hydroxylation is 1. The number of ether oxygens (including phenoxy) is 1. The van der Waals surface area contributed by atoms with Crippen molar-refractivity contribution in [3.8, 4) is 5.75 Å². The lowest BCUT2D eigenvalue weighted by Crippen LogP contribution is -2.04. The number of hydrogen-bond donors (Lipinski definition) is 0. The predicted molar refractivity (Wildman–Crippen MR) is 74.2 cm³/mol. The lowest BCUT2D eigenvalue weighted by Gasteiger charge is -2.12. The van der Waals surface area contributed by atoms with Gasteiger partial charge in [0.1, 0.15) is 5.75 Å². The van der Waals surface area contributed by atoms with Crippen molar-refractivity contribution in [2.45, 2.75) is 19.2 Å². The molecule has 3 heteroatoms. The van der Waals surface area contributed by atoms with Crippen LogP contribution in [-0.2, 0) is 12.3 Å². The number of pyridine rings is 1. The number of alkyl halides is 1. The first-order chi connectivity index (χ1) is 8.81. The number of hydrogen-bond acceptors (Lipinski definition) is 2. The maximum absolute atomic E-state index is 5.91. The molecule has 0 amide bonds. The summed E-state index contributed by atoms with van der Waals surface area (Å²) in [5.41, 5.74) is 3.35. The summed E-state index contributed by atoms with van der Waals surface area (Å²) < 4.78 is 5.85. The van der Waals surface area contributed by atoms with Crippen molar-refractivity contribution in [2.75, 3.05) is 6.61 Å². The summed E-state index contributed by atoms with van der Waals surface area (Å²) in [6.07, 6.45) is 4.49. The van der Waals surface area contributed by atoms with Crippen LogP contribution in [0.5, 0.6) is 5.75 Å². The van der Waals surface area contributed by atoms with Crippen molar-refractivity contribution in [1.29, 1.82) is 0 Å². The average Bonchev–Trinajstić information content (AvgIpc) is 2.41. The predicted octanol–water partition coefficient (Wildman–Crippen LogP) is 3.75. The average molecular weight is 262 g/mol. The van der Waals surface area contributed by atoms with E-state index in [4.69, 9.17) is 16.3 Å². The van der Waals surface area contributed by atoms with Gasteiger partial charge in [0.25, 0.3) is 0 Å². The molecule has 0 aliphatic carbocycles. The molecule has 0 aliphatic rings. The third-order valence-corrected chi connectivity index (χ3v) is 3.09. The molecule has 1 aromatic heterocycles. The molecule has 0 fully saturated rings. The molecule has 1 aromatic carbocycles. The Labute approximate surface area is 113 Å². The fourth-order valence-electron chi connectivity index (χ4n) is 1.84. The highest BCUT2D eigenvalue weighted by molar-refractivity contribution is 6.17. The molecule has 94 valence electrons. The van der Waals surface area contributed by atoms with Crippen molar-refractivity contribution in [1.82, 2.24) is 4.98 Å². The van der Waals surface area contributed by atoms with Crippen molar-refractivity contribution in [3.63, 3.8) is 0 Å². The zero-order valence-corrected chi connectivity index (χ0v) is 11.2. The maximum atomic E-state index is 5.91. The Hall–Kier alpha value is -1.54. The summed E-state index contributed by atoms with van der Waals surface area (Å²) in [4.78, 5) is 4.08. The molecule has 0 N–H and O–H groups in total. The van der Waals surface area contributed by atoms with Gasteiger partial charge in [0, 0.05) is 24.4 Å². The number of para-hydroxylation sites is 1. The summed E-state index contributed by atoms with van der Waals surface area (Å²) in [5.74, 6) is 1.39. The summed E-state index contributed by atoms with van der Waals surface area (Å²) in [7, 11) is 0. The summed E-state index contributed by atoms with van der Waals surface area (Å²) in [6, 6.07) is 10.0. The normalized spacial score (nSPS) is 10.3. The molecule has 0 radical (unpaired) electrons. The van der Waals surface area contributed by atoms with E-state index in [1.165, 1.54) is 5.56 Å². The largest absolute Gasteiger partial charge is 0.493 e. The summed E-state index contributed by atoms with van der Waals surface area (Å²) in [5, 5.41) is 0. The first-order valence-electron chi connectivity index (χ1n) is 5.97. The topological polar surface area (TPSA) is 22.1 Å². The maximum Gasteiger partial charge on any atom is 0.126 e. The summed E-state index contributed by atoms with van der Waals surface area (Å²) >= 11 is 5.91. The highest BCUT2D eigenvalue weighted by Gasteiger charge is 2.05. The van der Waals surface area contributed by atoms with E-state index in [-0.39, 0.29) is 0 Å². The Balaban J connectivity index is 1.98. The second kappa shape index (κ2) is 6.41. The Morgan fingerprint density at radius 2 is 2.11 bits per heavy atom. The quantitative estimate of drug-likeness (QED) is 0.765. The Kier molecular flexibility index (Phi) is 4.59. The molecule has 2 nitrogen and oxygen atoms in total. The molecule has 1 heterocycles. The van der Waals surface area contributed by atoms with Crippen LogP contribution >= 0.6 is 11.6 Å². The van der Waals surface area contributed by atoms with Crippen molar-refractivity contribution < 1.29 is 4.74 Å². The van der Waals surface area contributed by atoms with E-state index >= 15 is 0 Å². The van der Waals surface area contributed by atoms with Crippen LogP contribution in [0.15, 0.2) is 42.7 Å². The summed E-state index contributed by atoms with van der Waals surface area (Å²) in [6.45, 7) is 2.68. The van der Waals surface area contributed by atoms with Crippen LogP contribution in [0.1, 0.15) is 16.7 Å². The van der Waals surface area contributed by atoms with Crippen LogP contribution in [-0.4, -0.2) is 11.6 Å². The van der Waals surface area contributed by atoms with Gasteiger partial charge in [-0.25, -0.2) is 0 Å². The van der Waals surface area contributed by atoms with Crippen LogP contribution in [0, 0.1) is 6.92 Å². The molecule has 0 aliphatic heterocycles. The van der Waals surface area contributed by atoms with Gasteiger partial charge in [-0.15, -0.1) is 11.6 Å². The van der Waals surface area contributed by atoms with E-state index < -0.39 is 0 Å². The van der Waals surface area contributed by atoms with Gasteiger partial charge in [0.2, 0.25) is 0 Å². The van der Waals surface area contributed by atoms with E-state index in [9.17, 15) is 0 Å². The van der Waals surface area contributed by atoms with E-state index in [0.29, 0.717) is 12.5 Å². The molecule has 0 saturated carbocycles. The molecule has 0 saturated heterocycles. The van der Waals surface area contributed by atoms with Gasteiger partial charge in [-0.1, -0.05) is 24.3 Å². The monoisotopic (exact) mass is 261 g/mol. The van der Waals surface area contributed by atoms with Crippen LogP contribution in [0.3, 0.4) is 0 Å². The van der Waals surface area contributed by atoms with Crippen molar-refractivity contribution in [3.05, 3.63) is 59.4 Å². The lowest BCUT2D eigenvalue weighted by molar-refractivity contribution is 0.317. The molecule has 18 heavy (non-hydrogen) atoms. The Morgan fingerprint density at radius 3 is 2.83 bits per heavy atom. The van der Waals surface area contributed by atoms with E-state index in [1.807, 2.05) is 37.4 Å². The number of rotatable bonds is 5. The van der Waals surface area contributed by atoms with Crippen LogP contribution in [0.2, 0.25) is 0 Å². The van der Waals surface area contributed by atoms with Gasteiger partial charge in [0.15, 0.2) is 0 Å². The second-order valence-electron chi connectivity index (χ2n) is 4.16. The third kappa shape index (κ3) is 3.23. The molecule has 0 bridgehead atoms. The van der Waals surface area contributed by atoms with Crippen molar-refractivity contribution >= 4 is 11.6 Å². The number of benzene rings is 1. The van der Waals surface area contributed by atoms with Gasteiger partial charge in [-0.2, -0.15) is 0 Å². The SMILES string of the molecule is Cc1cccc(CCl)c1OCCc1cccnc1. The number of halogens is 1. The van der Waals surface area contributed by atoms with Gasteiger partial charge < -0.3 is 4.74 Å². The standard InChI is InChI=1S/C15H16ClNO/c1-12-4-2-6-14(10-16)15(12)18-9-7-13-5-3-8-17-11-13/h2-6,8,11H,7,9-10H2,1H3. The molecular weight excluding hydrogens is 246 g/mol. The molecular formula is C15H16ClNO. The number of aromatic nitrogens is 1. The van der Waals surface area contributed by atoms with E-state index in [0.717, 1.165) is 23.3 Å². The highest BCUT2D eigenvalue weighted by Crippen LogP contribution is 2.24. The fourth-order valence-corrected chi connectivity index (χ4v) is 2.05. The zero-order chi connectivity index (χ0) is 12.8.